The van der Waals surface area contributed by atoms with Crippen LogP contribution in [-0.4, -0.2) is 6.54 Å². The highest BCUT2D eigenvalue weighted by molar-refractivity contribution is 5.40. The zero-order chi connectivity index (χ0) is 10.2. The zero-order valence-corrected chi connectivity index (χ0v) is 8.92. The van der Waals surface area contributed by atoms with Gasteiger partial charge in [0.2, 0.25) is 0 Å². The molecule has 0 saturated heterocycles. The fraction of sp³-hybridized carbons (Fsp3) is 0.500. The van der Waals surface area contributed by atoms with Crippen molar-refractivity contribution in [2.24, 2.45) is 0 Å². The van der Waals surface area contributed by atoms with E-state index in [1.807, 2.05) is 18.2 Å². The van der Waals surface area contributed by atoms with Gasteiger partial charge in [0.05, 0.1) is 0 Å². The second kappa shape index (κ2) is 6.44. The van der Waals surface area contributed by atoms with Crippen LogP contribution in [0.5, 0.6) is 0 Å². The first-order valence-corrected chi connectivity index (χ1v) is 5.38. The summed E-state index contributed by atoms with van der Waals surface area (Å²) >= 11 is 0. The van der Waals surface area contributed by atoms with Crippen LogP contribution in [0.3, 0.4) is 0 Å². The van der Waals surface area contributed by atoms with E-state index >= 15 is 0 Å². The summed E-state index contributed by atoms with van der Waals surface area (Å²) in [5, 5.41) is 3.41. The maximum Gasteiger partial charge on any atom is 0.0317 e. The average molecular weight is 192 g/mol. The van der Waals surface area contributed by atoms with E-state index in [2.05, 4.69) is 18.3 Å². The molecule has 0 aliphatic carbocycles. The van der Waals surface area contributed by atoms with Gasteiger partial charge in [-0.15, -0.1) is 0 Å². The third-order valence-corrected chi connectivity index (χ3v) is 2.24. The Labute approximate surface area is 86.5 Å². The minimum Gasteiger partial charge on any atom is -0.399 e. The fourth-order valence-electron chi connectivity index (χ4n) is 1.44. The van der Waals surface area contributed by atoms with Crippen LogP contribution in [-0.2, 0) is 6.54 Å². The monoisotopic (exact) mass is 192 g/mol. The standard InChI is InChI=1S/C12H20N2/c1-2-3-4-8-14-10-11-6-5-7-12(13)9-11/h5-7,9,14H,2-4,8,10,13H2,1H3. The van der Waals surface area contributed by atoms with Crippen LogP contribution in [0.25, 0.3) is 0 Å². The predicted octanol–water partition coefficient (Wildman–Crippen LogP) is 2.55. The van der Waals surface area contributed by atoms with E-state index in [1.54, 1.807) is 0 Å². The number of unbranched alkanes of at least 4 members (excludes halogenated alkanes) is 2. The number of nitrogen functional groups attached to an aromatic ring is 1. The molecule has 0 saturated carbocycles. The van der Waals surface area contributed by atoms with Gasteiger partial charge in [-0.2, -0.15) is 0 Å². The average Bonchev–Trinajstić information content (AvgIpc) is 2.18. The van der Waals surface area contributed by atoms with E-state index in [0.717, 1.165) is 18.8 Å². The van der Waals surface area contributed by atoms with Crippen LogP contribution in [0.1, 0.15) is 31.7 Å². The minimum absolute atomic E-state index is 0.845. The molecule has 0 aliphatic heterocycles. The highest BCUT2D eigenvalue weighted by Crippen LogP contribution is 2.05. The third kappa shape index (κ3) is 4.28. The lowest BCUT2D eigenvalue weighted by Crippen LogP contribution is -2.14. The molecule has 0 fully saturated rings. The van der Waals surface area contributed by atoms with Gasteiger partial charge in [0.15, 0.2) is 0 Å². The maximum atomic E-state index is 5.68. The Balaban J connectivity index is 2.18. The van der Waals surface area contributed by atoms with Crippen molar-refractivity contribution in [3.63, 3.8) is 0 Å². The zero-order valence-electron chi connectivity index (χ0n) is 8.92. The number of nitrogens with one attached hydrogen (secondary N) is 1. The van der Waals surface area contributed by atoms with E-state index in [4.69, 9.17) is 5.73 Å². The number of benzene rings is 1. The molecule has 78 valence electrons. The lowest BCUT2D eigenvalue weighted by Gasteiger charge is -2.04. The van der Waals surface area contributed by atoms with E-state index in [9.17, 15) is 0 Å². The van der Waals surface area contributed by atoms with Crippen LogP contribution in [0.4, 0.5) is 5.69 Å². The van der Waals surface area contributed by atoms with Gasteiger partial charge in [0.1, 0.15) is 0 Å². The first-order valence-electron chi connectivity index (χ1n) is 5.38. The van der Waals surface area contributed by atoms with Crippen molar-refractivity contribution in [3.8, 4) is 0 Å². The Morgan fingerprint density at radius 3 is 2.86 bits per heavy atom. The molecular weight excluding hydrogens is 172 g/mol. The van der Waals surface area contributed by atoms with E-state index in [1.165, 1.54) is 24.8 Å². The Morgan fingerprint density at radius 2 is 2.14 bits per heavy atom. The molecule has 0 radical (unpaired) electrons. The molecule has 0 heterocycles. The van der Waals surface area contributed by atoms with Crippen LogP contribution in [0, 0.1) is 0 Å². The molecule has 0 aliphatic rings. The highest BCUT2D eigenvalue weighted by Gasteiger charge is 1.92. The van der Waals surface area contributed by atoms with Crippen molar-refractivity contribution in [3.05, 3.63) is 29.8 Å². The van der Waals surface area contributed by atoms with E-state index < -0.39 is 0 Å². The molecule has 1 rings (SSSR count). The molecule has 14 heavy (non-hydrogen) atoms. The molecule has 3 N–H and O–H groups in total. The second-order valence-electron chi connectivity index (χ2n) is 3.63. The molecule has 0 unspecified atom stereocenters. The summed E-state index contributed by atoms with van der Waals surface area (Å²) in [4.78, 5) is 0. The molecule has 0 aromatic heterocycles. The Morgan fingerprint density at radius 1 is 1.29 bits per heavy atom. The minimum atomic E-state index is 0.845. The number of anilines is 1. The largest absolute Gasteiger partial charge is 0.399 e. The van der Waals surface area contributed by atoms with Crippen molar-refractivity contribution in [1.82, 2.24) is 5.32 Å². The van der Waals surface area contributed by atoms with Gasteiger partial charge < -0.3 is 11.1 Å². The lowest BCUT2D eigenvalue weighted by molar-refractivity contribution is 0.617. The van der Waals surface area contributed by atoms with Crippen molar-refractivity contribution in [2.45, 2.75) is 32.7 Å². The van der Waals surface area contributed by atoms with Gasteiger partial charge in [-0.25, -0.2) is 0 Å². The van der Waals surface area contributed by atoms with Crippen LogP contribution < -0.4 is 11.1 Å². The molecule has 1 aromatic rings. The number of nitrogens with two attached hydrogens (primary N) is 1. The fourth-order valence-corrected chi connectivity index (χ4v) is 1.44. The van der Waals surface area contributed by atoms with Crippen molar-refractivity contribution in [2.75, 3.05) is 12.3 Å². The Hall–Kier alpha value is -1.02. The summed E-state index contributed by atoms with van der Waals surface area (Å²) in [6, 6.07) is 8.04. The van der Waals surface area contributed by atoms with Gasteiger partial charge in [0, 0.05) is 12.2 Å². The third-order valence-electron chi connectivity index (χ3n) is 2.24. The van der Waals surface area contributed by atoms with Crippen molar-refractivity contribution in [1.29, 1.82) is 0 Å². The highest BCUT2D eigenvalue weighted by atomic mass is 14.8. The molecule has 1 aromatic carbocycles. The first-order chi connectivity index (χ1) is 6.83. The summed E-state index contributed by atoms with van der Waals surface area (Å²) in [5.41, 5.74) is 7.79. The number of hydrogen-bond donors (Lipinski definition) is 2. The van der Waals surface area contributed by atoms with Gasteiger partial charge in [-0.05, 0) is 30.7 Å². The number of rotatable bonds is 6. The summed E-state index contributed by atoms with van der Waals surface area (Å²) in [6.07, 6.45) is 3.85. The smallest absolute Gasteiger partial charge is 0.0317 e. The lowest BCUT2D eigenvalue weighted by atomic mass is 10.2. The topological polar surface area (TPSA) is 38.0 Å². The van der Waals surface area contributed by atoms with Crippen LogP contribution >= 0.6 is 0 Å². The summed E-state index contributed by atoms with van der Waals surface area (Å²) in [7, 11) is 0. The Bertz CT molecular complexity index is 258. The molecule has 0 amide bonds. The summed E-state index contributed by atoms with van der Waals surface area (Å²) < 4.78 is 0. The van der Waals surface area contributed by atoms with Crippen molar-refractivity contribution < 1.29 is 0 Å². The van der Waals surface area contributed by atoms with E-state index in [0.29, 0.717) is 0 Å². The molecule has 0 bridgehead atoms. The summed E-state index contributed by atoms with van der Waals surface area (Å²) in [5.74, 6) is 0. The van der Waals surface area contributed by atoms with Gasteiger partial charge in [0.25, 0.3) is 0 Å². The SMILES string of the molecule is CCCCCNCc1cccc(N)c1. The van der Waals surface area contributed by atoms with Crippen molar-refractivity contribution >= 4 is 5.69 Å². The molecule has 0 atom stereocenters. The molecule has 2 heteroatoms. The number of hydrogen-bond acceptors (Lipinski definition) is 2. The van der Waals surface area contributed by atoms with Crippen LogP contribution in [0.15, 0.2) is 24.3 Å². The van der Waals surface area contributed by atoms with E-state index in [-0.39, 0.29) is 0 Å². The van der Waals surface area contributed by atoms with Gasteiger partial charge in [-0.1, -0.05) is 31.9 Å². The normalized spacial score (nSPS) is 10.4. The predicted molar refractivity (Wildman–Crippen MR) is 62.1 cm³/mol. The van der Waals surface area contributed by atoms with Crippen LogP contribution in [0.2, 0.25) is 0 Å². The Kier molecular flexibility index (Phi) is 5.08. The molecular formula is C12H20N2. The quantitative estimate of drug-likeness (QED) is 0.537. The van der Waals surface area contributed by atoms with Gasteiger partial charge in [-0.3, -0.25) is 0 Å². The maximum absolute atomic E-state index is 5.68. The molecule has 0 spiro atoms. The first kappa shape index (κ1) is 11.1. The molecule has 2 nitrogen and oxygen atoms in total. The summed E-state index contributed by atoms with van der Waals surface area (Å²) in [6.45, 7) is 4.25. The van der Waals surface area contributed by atoms with Gasteiger partial charge >= 0.3 is 0 Å². The second-order valence-corrected chi connectivity index (χ2v) is 3.63.